The van der Waals surface area contributed by atoms with Gasteiger partial charge in [0.05, 0.1) is 5.56 Å². The molecule has 6 heteroatoms. The van der Waals surface area contributed by atoms with E-state index in [1.165, 1.54) is 0 Å². The minimum atomic E-state index is -0.0856. The first-order valence-electron chi connectivity index (χ1n) is 9.35. The Kier molecular flexibility index (Phi) is 4.85. The van der Waals surface area contributed by atoms with Gasteiger partial charge in [0.15, 0.2) is 0 Å². The minimum Gasteiger partial charge on any atom is -0.457 e. The summed E-state index contributed by atoms with van der Waals surface area (Å²) >= 11 is 0. The first-order chi connectivity index (χ1) is 13.6. The first-order valence-corrected chi connectivity index (χ1v) is 9.35. The monoisotopic (exact) mass is 373 g/mol. The molecule has 1 aliphatic heterocycles. The number of pyridine rings is 1. The van der Waals surface area contributed by atoms with E-state index in [1.54, 1.807) is 0 Å². The summed E-state index contributed by atoms with van der Waals surface area (Å²) < 4.78 is 5.86. The molecule has 0 spiro atoms. The molecule has 1 aliphatic rings. The molecule has 0 unspecified atom stereocenters. The standard InChI is InChI=1S/C22H23N5O/c23-21(24)20-18(14-19(26-22(20)25)27-12-4-5-13-27)15-8-10-17(11-9-15)28-16-6-2-1-3-7-16/h1-3,6-11,14H,4-5,12-13H2,(H3,23,24)(H2,25,26). The topological polar surface area (TPSA) is 101 Å². The van der Waals surface area contributed by atoms with Crippen molar-refractivity contribution in [1.29, 1.82) is 5.41 Å². The molecule has 1 saturated heterocycles. The van der Waals surface area contributed by atoms with Crippen molar-refractivity contribution in [3.63, 3.8) is 0 Å². The third kappa shape index (κ3) is 3.62. The highest BCUT2D eigenvalue weighted by Gasteiger charge is 2.20. The Morgan fingerprint density at radius 1 is 0.964 bits per heavy atom. The van der Waals surface area contributed by atoms with Gasteiger partial charge in [0.25, 0.3) is 0 Å². The number of rotatable bonds is 5. The molecule has 0 radical (unpaired) electrons. The van der Waals surface area contributed by atoms with Crippen LogP contribution in [0.25, 0.3) is 11.1 Å². The average molecular weight is 373 g/mol. The molecule has 28 heavy (non-hydrogen) atoms. The van der Waals surface area contributed by atoms with Crippen LogP contribution in [0.15, 0.2) is 60.7 Å². The molecule has 142 valence electrons. The highest BCUT2D eigenvalue weighted by molar-refractivity contribution is 6.06. The lowest BCUT2D eigenvalue weighted by atomic mass is 9.99. The van der Waals surface area contributed by atoms with E-state index in [9.17, 15) is 0 Å². The van der Waals surface area contributed by atoms with Gasteiger partial charge in [0.1, 0.15) is 29.0 Å². The lowest BCUT2D eigenvalue weighted by Crippen LogP contribution is -2.22. The number of aromatic nitrogens is 1. The number of ether oxygens (including phenoxy) is 1. The molecule has 0 bridgehead atoms. The third-order valence-electron chi connectivity index (χ3n) is 4.88. The van der Waals surface area contributed by atoms with Crippen LogP contribution in [0.5, 0.6) is 11.5 Å². The summed E-state index contributed by atoms with van der Waals surface area (Å²) in [6.45, 7) is 1.93. The Balaban J connectivity index is 1.69. The number of hydrogen-bond acceptors (Lipinski definition) is 5. The van der Waals surface area contributed by atoms with Gasteiger partial charge in [0, 0.05) is 13.1 Å². The number of nitrogens with zero attached hydrogens (tertiary/aromatic N) is 2. The van der Waals surface area contributed by atoms with Gasteiger partial charge in [-0.2, -0.15) is 0 Å². The number of nitrogens with two attached hydrogens (primary N) is 2. The summed E-state index contributed by atoms with van der Waals surface area (Å²) in [4.78, 5) is 6.71. The van der Waals surface area contributed by atoms with Crippen LogP contribution in [0.1, 0.15) is 18.4 Å². The van der Waals surface area contributed by atoms with E-state index in [-0.39, 0.29) is 11.7 Å². The maximum absolute atomic E-state index is 7.96. The van der Waals surface area contributed by atoms with Crippen LogP contribution in [0.4, 0.5) is 11.6 Å². The average Bonchev–Trinajstić information content (AvgIpc) is 3.23. The van der Waals surface area contributed by atoms with Crippen molar-refractivity contribution in [3.05, 3.63) is 66.2 Å². The van der Waals surface area contributed by atoms with E-state index in [1.807, 2.05) is 60.7 Å². The maximum atomic E-state index is 7.96. The van der Waals surface area contributed by atoms with Crippen molar-refractivity contribution in [2.24, 2.45) is 5.73 Å². The molecule has 1 fully saturated rings. The van der Waals surface area contributed by atoms with Gasteiger partial charge in [-0.1, -0.05) is 30.3 Å². The van der Waals surface area contributed by atoms with Gasteiger partial charge >= 0.3 is 0 Å². The van der Waals surface area contributed by atoms with Crippen LogP contribution in [-0.4, -0.2) is 23.9 Å². The van der Waals surface area contributed by atoms with Crippen molar-refractivity contribution >= 4 is 17.5 Å². The Labute approximate surface area is 164 Å². The number of nitrogens with one attached hydrogen (secondary N) is 1. The van der Waals surface area contributed by atoms with Crippen LogP contribution >= 0.6 is 0 Å². The zero-order chi connectivity index (χ0) is 19.5. The summed E-state index contributed by atoms with van der Waals surface area (Å²) in [7, 11) is 0. The van der Waals surface area contributed by atoms with Crippen molar-refractivity contribution in [1.82, 2.24) is 4.98 Å². The van der Waals surface area contributed by atoms with E-state index in [0.717, 1.165) is 54.4 Å². The smallest absolute Gasteiger partial charge is 0.137 e. The van der Waals surface area contributed by atoms with Crippen molar-refractivity contribution < 1.29 is 4.74 Å². The van der Waals surface area contributed by atoms with Gasteiger partial charge in [-0.05, 0) is 54.3 Å². The minimum absolute atomic E-state index is 0.0856. The lowest BCUT2D eigenvalue weighted by molar-refractivity contribution is 0.483. The molecule has 4 rings (SSSR count). The number of hydrogen-bond donors (Lipinski definition) is 3. The van der Waals surface area contributed by atoms with Crippen molar-refractivity contribution in [2.75, 3.05) is 23.7 Å². The Bertz CT molecular complexity index is 980. The molecule has 0 amide bonds. The van der Waals surface area contributed by atoms with Crippen LogP contribution in [-0.2, 0) is 0 Å². The molecule has 3 aromatic rings. The van der Waals surface area contributed by atoms with E-state index in [4.69, 9.17) is 21.6 Å². The Morgan fingerprint density at radius 3 is 2.25 bits per heavy atom. The second-order valence-electron chi connectivity index (χ2n) is 6.84. The fourth-order valence-corrected chi connectivity index (χ4v) is 3.50. The highest BCUT2D eigenvalue weighted by Crippen LogP contribution is 2.33. The van der Waals surface area contributed by atoms with Crippen LogP contribution in [0.3, 0.4) is 0 Å². The molecule has 6 nitrogen and oxygen atoms in total. The Hall–Kier alpha value is -3.54. The van der Waals surface area contributed by atoms with E-state index in [2.05, 4.69) is 9.88 Å². The quantitative estimate of drug-likeness (QED) is 0.463. The summed E-state index contributed by atoms with van der Waals surface area (Å²) in [5.41, 5.74) is 14.2. The number of anilines is 2. The zero-order valence-electron chi connectivity index (χ0n) is 15.6. The fourth-order valence-electron chi connectivity index (χ4n) is 3.50. The van der Waals surface area contributed by atoms with Gasteiger partial charge in [0.2, 0.25) is 0 Å². The lowest BCUT2D eigenvalue weighted by Gasteiger charge is -2.20. The first kappa shape index (κ1) is 17.9. The van der Waals surface area contributed by atoms with Crippen molar-refractivity contribution in [2.45, 2.75) is 12.8 Å². The summed E-state index contributed by atoms with van der Waals surface area (Å²) in [6, 6.07) is 19.3. The number of benzene rings is 2. The molecule has 2 aromatic carbocycles. The second-order valence-corrected chi connectivity index (χ2v) is 6.84. The predicted molar refractivity (Wildman–Crippen MR) is 113 cm³/mol. The van der Waals surface area contributed by atoms with Gasteiger partial charge in [-0.15, -0.1) is 0 Å². The van der Waals surface area contributed by atoms with Gasteiger partial charge < -0.3 is 21.1 Å². The second kappa shape index (κ2) is 7.60. The van der Waals surface area contributed by atoms with E-state index >= 15 is 0 Å². The van der Waals surface area contributed by atoms with Crippen LogP contribution in [0, 0.1) is 5.41 Å². The molecule has 0 atom stereocenters. The summed E-state index contributed by atoms with van der Waals surface area (Å²) in [5, 5.41) is 7.96. The van der Waals surface area contributed by atoms with Crippen LogP contribution < -0.4 is 21.1 Å². The summed E-state index contributed by atoms with van der Waals surface area (Å²) in [5.74, 6) is 2.55. The molecule has 2 heterocycles. The number of nitrogen functional groups attached to an aromatic ring is 2. The molecule has 5 N–H and O–H groups in total. The normalized spacial score (nSPS) is 13.5. The zero-order valence-corrected chi connectivity index (χ0v) is 15.6. The van der Waals surface area contributed by atoms with Gasteiger partial charge in [-0.25, -0.2) is 4.98 Å². The van der Waals surface area contributed by atoms with Crippen LogP contribution in [0.2, 0.25) is 0 Å². The molecular weight excluding hydrogens is 350 g/mol. The molecule has 1 aromatic heterocycles. The molecule has 0 saturated carbocycles. The van der Waals surface area contributed by atoms with Crippen molar-refractivity contribution in [3.8, 4) is 22.6 Å². The Morgan fingerprint density at radius 2 is 1.61 bits per heavy atom. The molecule has 0 aliphatic carbocycles. The fraction of sp³-hybridized carbons (Fsp3) is 0.182. The summed E-state index contributed by atoms with van der Waals surface area (Å²) in [6.07, 6.45) is 2.30. The third-order valence-corrected chi connectivity index (χ3v) is 4.88. The SMILES string of the molecule is N=C(N)c1c(-c2ccc(Oc3ccccc3)cc2)cc(N2CCCC2)nc1N. The number of para-hydroxylation sites is 1. The predicted octanol–water partition coefficient (Wildman–Crippen LogP) is 4.01. The maximum Gasteiger partial charge on any atom is 0.137 e. The van der Waals surface area contributed by atoms with Gasteiger partial charge in [-0.3, -0.25) is 5.41 Å². The highest BCUT2D eigenvalue weighted by atomic mass is 16.5. The van der Waals surface area contributed by atoms with E-state index in [0.29, 0.717) is 5.56 Å². The molecular formula is C22H23N5O. The van der Waals surface area contributed by atoms with E-state index < -0.39 is 0 Å². The largest absolute Gasteiger partial charge is 0.457 e. The number of amidine groups is 1.